The van der Waals surface area contributed by atoms with Crippen molar-refractivity contribution in [1.82, 2.24) is 4.90 Å². The van der Waals surface area contributed by atoms with E-state index in [1.165, 1.54) is 4.90 Å². The Morgan fingerprint density at radius 2 is 2.06 bits per heavy atom. The minimum absolute atomic E-state index is 0.0000372. The van der Waals surface area contributed by atoms with Crippen LogP contribution < -0.4 is 0 Å². The normalized spacial score (nSPS) is 23.4. The number of carbonyl (C=O) groups is 3. The van der Waals surface area contributed by atoms with Crippen LogP contribution in [-0.4, -0.2) is 46.0 Å². The highest BCUT2D eigenvalue weighted by molar-refractivity contribution is 5.98. The maximum absolute atomic E-state index is 11.9. The molecule has 0 spiro atoms. The Hall–Kier alpha value is -1.59. The Morgan fingerprint density at radius 3 is 2.56 bits per heavy atom. The SMILES string of the molecule is CCC[C@H]1CN(CCCC(=O)O)C(=O)[C@@H]1C(=O)O. The van der Waals surface area contributed by atoms with E-state index in [-0.39, 0.29) is 18.2 Å². The molecule has 0 bridgehead atoms. The van der Waals surface area contributed by atoms with Crippen LogP contribution in [-0.2, 0) is 14.4 Å². The molecule has 1 rings (SSSR count). The summed E-state index contributed by atoms with van der Waals surface area (Å²) in [6.45, 7) is 2.72. The first-order valence-corrected chi connectivity index (χ1v) is 6.20. The van der Waals surface area contributed by atoms with E-state index >= 15 is 0 Å². The van der Waals surface area contributed by atoms with Gasteiger partial charge in [0.25, 0.3) is 0 Å². The second-order valence-corrected chi connectivity index (χ2v) is 4.65. The van der Waals surface area contributed by atoms with E-state index in [2.05, 4.69) is 0 Å². The first-order valence-electron chi connectivity index (χ1n) is 6.20. The van der Waals surface area contributed by atoms with Crippen molar-refractivity contribution in [3.8, 4) is 0 Å². The van der Waals surface area contributed by atoms with Crippen LogP contribution in [0.3, 0.4) is 0 Å². The first-order chi connectivity index (χ1) is 8.47. The summed E-state index contributed by atoms with van der Waals surface area (Å²) in [6, 6.07) is 0. The van der Waals surface area contributed by atoms with Crippen LogP contribution >= 0.6 is 0 Å². The van der Waals surface area contributed by atoms with Crippen LogP contribution in [0.4, 0.5) is 0 Å². The van der Waals surface area contributed by atoms with Crippen LogP contribution in [0.15, 0.2) is 0 Å². The number of amides is 1. The van der Waals surface area contributed by atoms with Crippen LogP contribution in [0.1, 0.15) is 32.6 Å². The summed E-state index contributed by atoms with van der Waals surface area (Å²) >= 11 is 0. The molecule has 2 atom stereocenters. The zero-order valence-corrected chi connectivity index (χ0v) is 10.5. The third-order valence-electron chi connectivity index (χ3n) is 3.25. The molecule has 18 heavy (non-hydrogen) atoms. The van der Waals surface area contributed by atoms with Crippen molar-refractivity contribution < 1.29 is 24.6 Å². The quantitative estimate of drug-likeness (QED) is 0.658. The second kappa shape index (κ2) is 6.37. The largest absolute Gasteiger partial charge is 0.481 e. The number of likely N-dealkylation sites (tertiary alicyclic amines) is 1. The third kappa shape index (κ3) is 3.45. The monoisotopic (exact) mass is 257 g/mol. The molecule has 0 aromatic heterocycles. The topological polar surface area (TPSA) is 94.9 Å². The molecule has 0 unspecified atom stereocenters. The number of carboxylic acid groups (broad SMARTS) is 2. The van der Waals surface area contributed by atoms with Gasteiger partial charge in [-0.15, -0.1) is 0 Å². The predicted octanol–water partition coefficient (Wildman–Crippen LogP) is 0.810. The van der Waals surface area contributed by atoms with Gasteiger partial charge in [0.2, 0.25) is 5.91 Å². The van der Waals surface area contributed by atoms with Crippen LogP contribution in [0.2, 0.25) is 0 Å². The van der Waals surface area contributed by atoms with Gasteiger partial charge in [-0.3, -0.25) is 14.4 Å². The molecule has 0 aromatic rings. The predicted molar refractivity (Wildman–Crippen MR) is 63.0 cm³/mol. The minimum atomic E-state index is -1.07. The Bertz CT molecular complexity index is 341. The van der Waals surface area contributed by atoms with Crippen LogP contribution in [0.5, 0.6) is 0 Å². The lowest BCUT2D eigenvalue weighted by atomic mass is 9.92. The molecular formula is C12H19NO5. The van der Waals surface area contributed by atoms with Gasteiger partial charge >= 0.3 is 11.9 Å². The highest BCUT2D eigenvalue weighted by atomic mass is 16.4. The Morgan fingerprint density at radius 1 is 1.39 bits per heavy atom. The van der Waals surface area contributed by atoms with Gasteiger partial charge in [-0.2, -0.15) is 0 Å². The van der Waals surface area contributed by atoms with E-state index in [1.807, 2.05) is 6.92 Å². The maximum Gasteiger partial charge on any atom is 0.316 e. The number of carbonyl (C=O) groups excluding carboxylic acids is 1. The number of carboxylic acids is 2. The molecule has 1 saturated heterocycles. The number of rotatable bonds is 7. The smallest absolute Gasteiger partial charge is 0.316 e. The van der Waals surface area contributed by atoms with Crippen molar-refractivity contribution in [1.29, 1.82) is 0 Å². The molecule has 1 aliphatic rings. The van der Waals surface area contributed by atoms with Gasteiger partial charge in [0, 0.05) is 19.5 Å². The fourth-order valence-corrected chi connectivity index (χ4v) is 2.44. The highest BCUT2D eigenvalue weighted by Crippen LogP contribution is 2.29. The Balaban J connectivity index is 2.58. The van der Waals surface area contributed by atoms with E-state index in [1.54, 1.807) is 0 Å². The van der Waals surface area contributed by atoms with Crippen LogP contribution in [0.25, 0.3) is 0 Å². The van der Waals surface area contributed by atoms with E-state index in [9.17, 15) is 14.4 Å². The van der Waals surface area contributed by atoms with Crippen molar-refractivity contribution in [2.24, 2.45) is 11.8 Å². The van der Waals surface area contributed by atoms with E-state index in [4.69, 9.17) is 10.2 Å². The van der Waals surface area contributed by atoms with E-state index in [0.717, 1.165) is 6.42 Å². The number of hydrogen-bond acceptors (Lipinski definition) is 3. The summed E-state index contributed by atoms with van der Waals surface area (Å²) in [5.74, 6) is -3.44. The zero-order valence-electron chi connectivity index (χ0n) is 10.5. The van der Waals surface area contributed by atoms with Crippen molar-refractivity contribution in [3.05, 3.63) is 0 Å². The first kappa shape index (κ1) is 14.5. The zero-order chi connectivity index (χ0) is 13.7. The van der Waals surface area contributed by atoms with E-state index in [0.29, 0.717) is 25.9 Å². The second-order valence-electron chi connectivity index (χ2n) is 4.65. The van der Waals surface area contributed by atoms with E-state index < -0.39 is 17.9 Å². The van der Waals surface area contributed by atoms with Crippen molar-refractivity contribution >= 4 is 17.8 Å². The number of aliphatic carboxylic acids is 2. The molecule has 0 saturated carbocycles. The standard InChI is InChI=1S/C12H19NO5/c1-2-4-8-7-13(6-3-5-9(14)15)11(16)10(8)12(17)18/h8,10H,2-7H2,1H3,(H,14,15)(H,17,18)/t8-,10+/m0/s1. The Kier molecular flexibility index (Phi) is 5.12. The third-order valence-corrected chi connectivity index (χ3v) is 3.25. The summed E-state index contributed by atoms with van der Waals surface area (Å²) in [4.78, 5) is 34.9. The molecule has 1 heterocycles. The highest BCUT2D eigenvalue weighted by Gasteiger charge is 2.44. The summed E-state index contributed by atoms with van der Waals surface area (Å²) in [6.07, 6.45) is 1.91. The minimum Gasteiger partial charge on any atom is -0.481 e. The summed E-state index contributed by atoms with van der Waals surface area (Å²) in [5.41, 5.74) is 0. The van der Waals surface area contributed by atoms with Gasteiger partial charge in [0.15, 0.2) is 0 Å². The van der Waals surface area contributed by atoms with Crippen molar-refractivity contribution in [2.75, 3.05) is 13.1 Å². The molecule has 0 radical (unpaired) electrons. The average Bonchev–Trinajstić information content (AvgIpc) is 2.55. The molecular weight excluding hydrogens is 238 g/mol. The fourth-order valence-electron chi connectivity index (χ4n) is 2.44. The average molecular weight is 257 g/mol. The van der Waals surface area contributed by atoms with Gasteiger partial charge < -0.3 is 15.1 Å². The van der Waals surface area contributed by atoms with Gasteiger partial charge in [-0.25, -0.2) is 0 Å². The van der Waals surface area contributed by atoms with Crippen molar-refractivity contribution in [3.63, 3.8) is 0 Å². The molecule has 1 amide bonds. The lowest BCUT2D eigenvalue weighted by molar-refractivity contribution is -0.149. The molecule has 6 nitrogen and oxygen atoms in total. The molecule has 0 aliphatic carbocycles. The number of nitrogens with zero attached hydrogens (tertiary/aromatic N) is 1. The summed E-state index contributed by atoms with van der Waals surface area (Å²) < 4.78 is 0. The Labute approximate surface area is 106 Å². The van der Waals surface area contributed by atoms with Gasteiger partial charge in [0.05, 0.1) is 0 Å². The molecule has 1 aliphatic heterocycles. The molecule has 102 valence electrons. The van der Waals surface area contributed by atoms with Crippen LogP contribution in [0, 0.1) is 11.8 Å². The lowest BCUT2D eigenvalue weighted by Crippen LogP contribution is -2.31. The maximum atomic E-state index is 11.9. The number of hydrogen-bond donors (Lipinski definition) is 2. The molecule has 0 aromatic carbocycles. The lowest BCUT2D eigenvalue weighted by Gasteiger charge is -2.15. The van der Waals surface area contributed by atoms with Crippen molar-refractivity contribution in [2.45, 2.75) is 32.6 Å². The molecule has 2 N–H and O–H groups in total. The van der Waals surface area contributed by atoms with Gasteiger partial charge in [-0.1, -0.05) is 13.3 Å². The summed E-state index contributed by atoms with van der Waals surface area (Å²) in [5, 5.41) is 17.6. The fraction of sp³-hybridized carbons (Fsp3) is 0.750. The summed E-state index contributed by atoms with van der Waals surface area (Å²) in [7, 11) is 0. The van der Waals surface area contributed by atoms with Gasteiger partial charge in [-0.05, 0) is 18.8 Å². The van der Waals surface area contributed by atoms with Gasteiger partial charge in [0.1, 0.15) is 5.92 Å². The molecule has 1 fully saturated rings. The molecule has 6 heteroatoms.